The van der Waals surface area contributed by atoms with Gasteiger partial charge in [0.05, 0.1) is 10.7 Å². The summed E-state index contributed by atoms with van der Waals surface area (Å²) in [6.07, 6.45) is 0. The van der Waals surface area contributed by atoms with Crippen LogP contribution in [0, 0.1) is 11.6 Å². The number of hydrogen-bond donors (Lipinski definition) is 3. The maximum Gasteiger partial charge on any atom is 0.275 e. The van der Waals surface area contributed by atoms with Gasteiger partial charge in [0.1, 0.15) is 11.5 Å². The highest BCUT2D eigenvalue weighted by molar-refractivity contribution is 6.34. The van der Waals surface area contributed by atoms with Crippen LogP contribution in [-0.2, 0) is 0 Å². The van der Waals surface area contributed by atoms with Gasteiger partial charge in [0.2, 0.25) is 0 Å². The second-order valence-corrected chi connectivity index (χ2v) is 4.13. The largest absolute Gasteiger partial charge is 0.318 e. The van der Waals surface area contributed by atoms with Gasteiger partial charge in [-0.25, -0.2) is 19.6 Å². The number of benzene rings is 1. The molecule has 2 rings (SSSR count). The number of rotatable bonds is 3. The molecule has 5 nitrogen and oxygen atoms in total. The lowest BCUT2D eigenvalue weighted by Crippen LogP contribution is -2.17. The lowest BCUT2D eigenvalue weighted by Gasteiger charge is -2.08. The van der Waals surface area contributed by atoms with E-state index in [9.17, 15) is 13.6 Å². The number of nitrogens with one attached hydrogen (secondary N) is 2. The zero-order chi connectivity index (χ0) is 14.7. The highest BCUT2D eigenvalue weighted by atomic mass is 35.5. The molecule has 0 aliphatic carbocycles. The third-order valence-electron chi connectivity index (χ3n) is 2.41. The lowest BCUT2D eigenvalue weighted by atomic mass is 10.2. The molecule has 0 spiro atoms. The number of aromatic nitrogens is 1. The first-order valence-corrected chi connectivity index (χ1v) is 5.79. The van der Waals surface area contributed by atoms with Gasteiger partial charge in [-0.1, -0.05) is 17.7 Å². The van der Waals surface area contributed by atoms with E-state index in [2.05, 4.69) is 15.7 Å². The molecule has 1 aromatic heterocycles. The van der Waals surface area contributed by atoms with Crippen LogP contribution in [0.25, 0.3) is 0 Å². The van der Waals surface area contributed by atoms with Crippen molar-refractivity contribution in [3.8, 4) is 0 Å². The Balaban J connectivity index is 2.30. The molecule has 1 amide bonds. The van der Waals surface area contributed by atoms with Crippen LogP contribution in [0.2, 0.25) is 5.02 Å². The maximum absolute atomic E-state index is 13.4. The molecule has 0 aliphatic heterocycles. The summed E-state index contributed by atoms with van der Waals surface area (Å²) in [4.78, 5) is 15.8. The third kappa shape index (κ3) is 2.84. The molecule has 1 aromatic carbocycles. The van der Waals surface area contributed by atoms with Gasteiger partial charge in [0, 0.05) is 0 Å². The van der Waals surface area contributed by atoms with Crippen molar-refractivity contribution in [1.29, 1.82) is 0 Å². The third-order valence-corrected chi connectivity index (χ3v) is 2.71. The average molecular weight is 299 g/mol. The van der Waals surface area contributed by atoms with Gasteiger partial charge >= 0.3 is 0 Å². The van der Waals surface area contributed by atoms with Crippen molar-refractivity contribution in [3.05, 3.63) is 52.7 Å². The van der Waals surface area contributed by atoms with Gasteiger partial charge in [0.25, 0.3) is 5.91 Å². The Kier molecular flexibility index (Phi) is 4.11. The summed E-state index contributed by atoms with van der Waals surface area (Å²) in [6.45, 7) is 0. The highest BCUT2D eigenvalue weighted by Crippen LogP contribution is 2.20. The number of nitrogens with zero attached hydrogens (tertiary/aromatic N) is 1. The monoisotopic (exact) mass is 298 g/mol. The summed E-state index contributed by atoms with van der Waals surface area (Å²) in [5.74, 6) is 2.36. The van der Waals surface area contributed by atoms with E-state index in [4.69, 9.17) is 17.4 Å². The molecular weight excluding hydrogens is 290 g/mol. The van der Waals surface area contributed by atoms with E-state index in [0.717, 1.165) is 6.07 Å². The predicted octanol–water partition coefficient (Wildman–Crippen LogP) is 2.55. The van der Waals surface area contributed by atoms with Gasteiger partial charge in [-0.05, 0) is 24.3 Å². The Morgan fingerprint density at radius 2 is 2.00 bits per heavy atom. The van der Waals surface area contributed by atoms with E-state index in [1.54, 1.807) is 0 Å². The molecule has 0 aliphatic rings. The van der Waals surface area contributed by atoms with Gasteiger partial charge in [-0.2, -0.15) is 0 Å². The van der Waals surface area contributed by atoms with E-state index < -0.39 is 17.5 Å². The summed E-state index contributed by atoms with van der Waals surface area (Å²) < 4.78 is 26.5. The summed E-state index contributed by atoms with van der Waals surface area (Å²) in [6, 6.07) is 6.29. The van der Waals surface area contributed by atoms with Crippen LogP contribution in [0.15, 0.2) is 30.3 Å². The molecule has 2 aromatic rings. The SMILES string of the molecule is NNc1ccc(Cl)c(C(=O)Nc2cccc(F)c2F)n1. The van der Waals surface area contributed by atoms with E-state index in [1.807, 2.05) is 0 Å². The molecule has 0 atom stereocenters. The molecule has 1 heterocycles. The first-order valence-electron chi connectivity index (χ1n) is 5.41. The maximum atomic E-state index is 13.4. The normalized spacial score (nSPS) is 10.2. The van der Waals surface area contributed by atoms with E-state index in [0.29, 0.717) is 0 Å². The summed E-state index contributed by atoms with van der Waals surface area (Å²) in [5.41, 5.74) is 1.78. The fraction of sp³-hybridized carbons (Fsp3) is 0. The number of hydrazine groups is 1. The summed E-state index contributed by atoms with van der Waals surface area (Å²) in [5, 5.41) is 2.24. The fourth-order valence-corrected chi connectivity index (χ4v) is 1.65. The fourth-order valence-electron chi connectivity index (χ4n) is 1.46. The van der Waals surface area contributed by atoms with E-state index >= 15 is 0 Å². The van der Waals surface area contributed by atoms with Crippen LogP contribution in [0.4, 0.5) is 20.3 Å². The number of halogens is 3. The standard InChI is InChI=1S/C12H9ClF2N4O/c13-6-4-5-9(19-16)18-11(6)12(20)17-8-3-1-2-7(14)10(8)15/h1-5H,16H2,(H,17,20)(H,18,19). The first-order chi connectivity index (χ1) is 9.52. The van der Waals surface area contributed by atoms with Crippen molar-refractivity contribution in [2.75, 3.05) is 10.7 Å². The first kappa shape index (κ1) is 14.2. The Morgan fingerprint density at radius 3 is 2.70 bits per heavy atom. The van der Waals surface area contributed by atoms with Gasteiger partial charge in [-0.15, -0.1) is 0 Å². The van der Waals surface area contributed by atoms with Gasteiger partial charge in [0.15, 0.2) is 11.6 Å². The second kappa shape index (κ2) is 5.81. The highest BCUT2D eigenvalue weighted by Gasteiger charge is 2.16. The van der Waals surface area contributed by atoms with Crippen molar-refractivity contribution < 1.29 is 13.6 Å². The Morgan fingerprint density at radius 1 is 1.25 bits per heavy atom. The minimum atomic E-state index is -1.16. The van der Waals surface area contributed by atoms with Gasteiger partial charge < -0.3 is 10.7 Å². The number of anilines is 2. The van der Waals surface area contributed by atoms with Crippen molar-refractivity contribution in [2.45, 2.75) is 0 Å². The Bertz CT molecular complexity index is 666. The number of nitrogens with two attached hydrogens (primary N) is 1. The number of carbonyl (C=O) groups is 1. The van der Waals surface area contributed by atoms with E-state index in [-0.39, 0.29) is 22.2 Å². The number of pyridine rings is 1. The van der Waals surface area contributed by atoms with Crippen LogP contribution in [0.5, 0.6) is 0 Å². The topological polar surface area (TPSA) is 80.0 Å². The summed E-state index contributed by atoms with van der Waals surface area (Å²) >= 11 is 5.83. The summed E-state index contributed by atoms with van der Waals surface area (Å²) in [7, 11) is 0. The number of hydrogen-bond acceptors (Lipinski definition) is 4. The molecule has 8 heteroatoms. The zero-order valence-electron chi connectivity index (χ0n) is 9.95. The van der Waals surface area contributed by atoms with Crippen LogP contribution in [0.3, 0.4) is 0 Å². The van der Waals surface area contributed by atoms with Crippen LogP contribution in [-0.4, -0.2) is 10.9 Å². The minimum Gasteiger partial charge on any atom is -0.318 e. The predicted molar refractivity (Wildman–Crippen MR) is 71.4 cm³/mol. The molecule has 0 bridgehead atoms. The van der Waals surface area contributed by atoms with Crippen LogP contribution < -0.4 is 16.6 Å². The molecule has 0 radical (unpaired) electrons. The zero-order valence-corrected chi connectivity index (χ0v) is 10.7. The van der Waals surface area contributed by atoms with Crippen molar-refractivity contribution in [2.24, 2.45) is 5.84 Å². The van der Waals surface area contributed by atoms with Crippen molar-refractivity contribution in [1.82, 2.24) is 4.98 Å². The molecule has 104 valence electrons. The molecular formula is C12H9ClF2N4O. The van der Waals surface area contributed by atoms with Crippen molar-refractivity contribution >= 4 is 29.0 Å². The van der Waals surface area contributed by atoms with Crippen molar-refractivity contribution in [3.63, 3.8) is 0 Å². The van der Waals surface area contributed by atoms with Crippen LogP contribution in [0.1, 0.15) is 10.5 Å². The van der Waals surface area contributed by atoms with E-state index in [1.165, 1.54) is 24.3 Å². The molecule has 0 unspecified atom stereocenters. The smallest absolute Gasteiger partial charge is 0.275 e. The molecule has 0 saturated carbocycles. The van der Waals surface area contributed by atoms with Gasteiger partial charge in [-0.3, -0.25) is 4.79 Å². The number of nitrogen functional groups attached to an aromatic ring is 1. The molecule has 0 fully saturated rings. The molecule has 20 heavy (non-hydrogen) atoms. The Labute approximate surface area is 117 Å². The average Bonchev–Trinajstić information content (AvgIpc) is 2.44. The number of amides is 1. The molecule has 4 N–H and O–H groups in total. The molecule has 0 saturated heterocycles. The minimum absolute atomic E-state index is 0.0540. The number of carbonyl (C=O) groups excluding carboxylic acids is 1. The van der Waals surface area contributed by atoms with Crippen LogP contribution >= 0.6 is 11.6 Å². The lowest BCUT2D eigenvalue weighted by molar-refractivity contribution is 0.102. The Hall–Kier alpha value is -2.25. The quantitative estimate of drug-likeness (QED) is 0.601. The second-order valence-electron chi connectivity index (χ2n) is 3.73.